The molecular formula is C22H25NO6S. The highest BCUT2D eigenvalue weighted by atomic mass is 32.1. The summed E-state index contributed by atoms with van der Waals surface area (Å²) in [6.45, 7) is 3.52. The summed E-state index contributed by atoms with van der Waals surface area (Å²) in [5, 5.41) is 5.03. The van der Waals surface area contributed by atoms with E-state index in [4.69, 9.17) is 14.2 Å². The molecule has 2 heterocycles. The highest BCUT2D eigenvalue weighted by Crippen LogP contribution is 2.55. The molecule has 0 saturated carbocycles. The minimum absolute atomic E-state index is 0.0849. The van der Waals surface area contributed by atoms with Gasteiger partial charge in [0.05, 0.1) is 26.4 Å². The first-order chi connectivity index (χ1) is 14.5. The average molecular weight is 432 g/mol. The van der Waals surface area contributed by atoms with Gasteiger partial charge in [-0.05, 0) is 30.9 Å². The number of methoxy groups -OCH3 is 1. The van der Waals surface area contributed by atoms with E-state index in [1.807, 2.05) is 29.6 Å². The molecule has 1 fully saturated rings. The van der Waals surface area contributed by atoms with E-state index >= 15 is 0 Å². The average Bonchev–Trinajstić information content (AvgIpc) is 3.40. The van der Waals surface area contributed by atoms with E-state index in [-0.39, 0.29) is 13.2 Å². The van der Waals surface area contributed by atoms with E-state index in [1.165, 1.54) is 18.4 Å². The van der Waals surface area contributed by atoms with Crippen LogP contribution < -0.4 is 5.32 Å². The quantitative estimate of drug-likeness (QED) is 0.409. The zero-order valence-electron chi connectivity index (χ0n) is 17.1. The van der Waals surface area contributed by atoms with Crippen molar-refractivity contribution in [1.29, 1.82) is 0 Å². The number of esters is 3. The smallest absolute Gasteiger partial charge is 0.326 e. The Hall–Kier alpha value is -2.71. The summed E-state index contributed by atoms with van der Waals surface area (Å²) >= 11 is 1.36. The van der Waals surface area contributed by atoms with Crippen molar-refractivity contribution < 1.29 is 28.6 Å². The standard InChI is InChI=1S/C22H25NO6S/c1-4-28-20(25)22(21(26)29-5-2)16(15-12-9-13-30-15)17(19(24)27-3)23-18(22)14-10-7-6-8-11-14/h6-13,16-18,23H,4-5H2,1-3H3/t16-,17+,18+/m0/s1. The maximum Gasteiger partial charge on any atom is 0.326 e. The van der Waals surface area contributed by atoms with E-state index in [0.717, 1.165) is 0 Å². The van der Waals surface area contributed by atoms with Crippen LogP contribution in [0.5, 0.6) is 0 Å². The minimum atomic E-state index is -1.79. The first kappa shape index (κ1) is 22.0. The second-order valence-corrected chi connectivity index (χ2v) is 7.79. The van der Waals surface area contributed by atoms with Crippen LogP contribution in [0.2, 0.25) is 0 Å². The van der Waals surface area contributed by atoms with Crippen molar-refractivity contribution in [3.63, 3.8) is 0 Å². The maximum atomic E-state index is 13.5. The number of hydrogen-bond donors (Lipinski definition) is 1. The number of hydrogen-bond acceptors (Lipinski definition) is 8. The lowest BCUT2D eigenvalue weighted by Gasteiger charge is -2.34. The van der Waals surface area contributed by atoms with Gasteiger partial charge < -0.3 is 14.2 Å². The van der Waals surface area contributed by atoms with E-state index in [2.05, 4.69) is 5.32 Å². The molecule has 8 heteroatoms. The van der Waals surface area contributed by atoms with Crippen molar-refractivity contribution in [3.8, 4) is 0 Å². The lowest BCUT2D eigenvalue weighted by atomic mass is 9.68. The zero-order chi connectivity index (χ0) is 21.7. The van der Waals surface area contributed by atoms with Gasteiger partial charge in [-0.3, -0.25) is 19.7 Å². The van der Waals surface area contributed by atoms with Crippen molar-refractivity contribution >= 4 is 29.2 Å². The Morgan fingerprint density at radius 1 is 1.00 bits per heavy atom. The largest absolute Gasteiger partial charge is 0.468 e. The number of rotatable bonds is 7. The van der Waals surface area contributed by atoms with Crippen LogP contribution in [0.4, 0.5) is 0 Å². The maximum absolute atomic E-state index is 13.5. The molecule has 0 radical (unpaired) electrons. The molecule has 3 atom stereocenters. The summed E-state index contributed by atoms with van der Waals surface area (Å²) in [5.74, 6) is -2.87. The van der Waals surface area contributed by atoms with Crippen LogP contribution in [0, 0.1) is 5.41 Å². The molecular weight excluding hydrogens is 406 g/mol. The molecule has 2 aromatic rings. The molecule has 160 valence electrons. The Labute approximate surface area is 179 Å². The Balaban J connectivity index is 2.30. The number of nitrogens with one attached hydrogen (secondary N) is 1. The molecule has 0 aliphatic carbocycles. The summed E-state index contributed by atoms with van der Waals surface area (Å²) in [7, 11) is 1.28. The molecule has 1 N–H and O–H groups in total. The molecule has 0 unspecified atom stereocenters. The van der Waals surface area contributed by atoms with Crippen molar-refractivity contribution in [2.75, 3.05) is 20.3 Å². The zero-order valence-corrected chi connectivity index (χ0v) is 17.9. The molecule has 0 spiro atoms. The fourth-order valence-electron chi connectivity index (χ4n) is 4.12. The summed E-state index contributed by atoms with van der Waals surface area (Å²) in [6, 6.07) is 10.9. The van der Waals surface area contributed by atoms with Gasteiger partial charge in [-0.25, -0.2) is 0 Å². The first-order valence-corrected chi connectivity index (χ1v) is 10.7. The number of benzene rings is 1. The monoisotopic (exact) mass is 431 g/mol. The van der Waals surface area contributed by atoms with Crippen molar-refractivity contribution in [3.05, 3.63) is 58.3 Å². The van der Waals surface area contributed by atoms with Crippen molar-refractivity contribution in [1.82, 2.24) is 5.32 Å². The van der Waals surface area contributed by atoms with E-state index < -0.39 is 41.3 Å². The van der Waals surface area contributed by atoms with Crippen molar-refractivity contribution in [2.24, 2.45) is 5.41 Å². The van der Waals surface area contributed by atoms with Crippen LogP contribution >= 0.6 is 11.3 Å². The predicted octanol–water partition coefficient (Wildman–Crippen LogP) is 2.83. The highest BCUT2D eigenvalue weighted by molar-refractivity contribution is 7.10. The molecule has 1 saturated heterocycles. The van der Waals surface area contributed by atoms with E-state index in [0.29, 0.717) is 10.4 Å². The minimum Gasteiger partial charge on any atom is -0.468 e. The Kier molecular flexibility index (Phi) is 6.89. The topological polar surface area (TPSA) is 90.9 Å². The summed E-state index contributed by atoms with van der Waals surface area (Å²) < 4.78 is 15.8. The highest BCUT2D eigenvalue weighted by Gasteiger charge is 2.69. The molecule has 30 heavy (non-hydrogen) atoms. The lowest BCUT2D eigenvalue weighted by molar-refractivity contribution is -0.174. The third-order valence-corrected chi connectivity index (χ3v) is 6.24. The van der Waals surface area contributed by atoms with Crippen molar-refractivity contribution in [2.45, 2.75) is 31.8 Å². The van der Waals surface area contributed by atoms with Crippen LogP contribution in [0.3, 0.4) is 0 Å². The van der Waals surface area contributed by atoms with Gasteiger partial charge in [0.25, 0.3) is 0 Å². The lowest BCUT2D eigenvalue weighted by Crippen LogP contribution is -2.49. The van der Waals surface area contributed by atoms with Crippen LogP contribution in [-0.4, -0.2) is 44.3 Å². The normalized spacial score (nSPS) is 22.3. The van der Waals surface area contributed by atoms with Gasteiger partial charge in [-0.1, -0.05) is 36.4 Å². The molecule has 3 rings (SSSR count). The molecule has 1 aromatic heterocycles. The number of carbonyl (C=O) groups is 3. The fourth-order valence-corrected chi connectivity index (χ4v) is 5.06. The second-order valence-electron chi connectivity index (χ2n) is 6.81. The Morgan fingerprint density at radius 2 is 1.63 bits per heavy atom. The van der Waals surface area contributed by atoms with Gasteiger partial charge >= 0.3 is 17.9 Å². The Morgan fingerprint density at radius 3 is 2.13 bits per heavy atom. The van der Waals surface area contributed by atoms with Gasteiger partial charge in [0.2, 0.25) is 0 Å². The number of thiophene rings is 1. The third kappa shape index (κ3) is 3.61. The summed E-state index contributed by atoms with van der Waals surface area (Å²) in [5.41, 5.74) is -1.12. The van der Waals surface area contributed by atoms with Gasteiger partial charge in [-0.2, -0.15) is 0 Å². The van der Waals surface area contributed by atoms with Crippen LogP contribution in [-0.2, 0) is 28.6 Å². The molecule has 0 bridgehead atoms. The van der Waals surface area contributed by atoms with E-state index in [1.54, 1.807) is 32.0 Å². The molecule has 1 aliphatic rings. The molecule has 7 nitrogen and oxygen atoms in total. The van der Waals surface area contributed by atoms with Crippen LogP contribution in [0.1, 0.15) is 36.2 Å². The van der Waals surface area contributed by atoms with Gasteiger partial charge in [0, 0.05) is 10.8 Å². The predicted molar refractivity (Wildman–Crippen MR) is 111 cm³/mol. The molecule has 1 aliphatic heterocycles. The number of ether oxygens (including phenoxy) is 3. The number of carbonyl (C=O) groups excluding carboxylic acids is 3. The summed E-state index contributed by atoms with van der Waals surface area (Å²) in [6.07, 6.45) is 0. The van der Waals surface area contributed by atoms with E-state index in [9.17, 15) is 14.4 Å². The molecule has 1 aromatic carbocycles. The van der Waals surface area contributed by atoms with Crippen LogP contribution in [0.25, 0.3) is 0 Å². The third-order valence-electron chi connectivity index (χ3n) is 5.29. The first-order valence-electron chi connectivity index (χ1n) is 9.78. The SMILES string of the molecule is CCOC(=O)C1(C(=O)OCC)[C@@H](c2ccccc2)N[C@@H](C(=O)OC)[C@@H]1c1cccs1. The summed E-state index contributed by atoms with van der Waals surface area (Å²) in [4.78, 5) is 40.5. The van der Waals surface area contributed by atoms with Crippen LogP contribution in [0.15, 0.2) is 47.8 Å². The van der Waals surface area contributed by atoms with Gasteiger partial charge in [0.1, 0.15) is 6.04 Å². The fraction of sp³-hybridized carbons (Fsp3) is 0.409. The van der Waals surface area contributed by atoms with Gasteiger partial charge in [-0.15, -0.1) is 11.3 Å². The Bertz CT molecular complexity index is 864. The second kappa shape index (κ2) is 9.40. The molecule has 0 amide bonds. The van der Waals surface area contributed by atoms with Gasteiger partial charge in [0.15, 0.2) is 5.41 Å².